The van der Waals surface area contributed by atoms with Gasteiger partial charge in [-0.15, -0.1) is 0 Å². The van der Waals surface area contributed by atoms with Crippen molar-refractivity contribution < 1.29 is 13.2 Å². The van der Waals surface area contributed by atoms with Gasteiger partial charge in [-0.25, -0.2) is 13.2 Å². The summed E-state index contributed by atoms with van der Waals surface area (Å²) in [7, 11) is 0. The molecule has 0 saturated heterocycles. The zero-order chi connectivity index (χ0) is 9.72. The molecule has 0 aliphatic rings. The molecule has 0 unspecified atom stereocenters. The predicted octanol–water partition coefficient (Wildman–Crippen LogP) is 3.89. The van der Waals surface area contributed by atoms with Crippen LogP contribution in [-0.2, 0) is 0 Å². The van der Waals surface area contributed by atoms with Crippen molar-refractivity contribution in [3.8, 4) is 0 Å². The van der Waals surface area contributed by atoms with Crippen LogP contribution in [0.5, 0.6) is 0 Å². The van der Waals surface area contributed by atoms with Crippen LogP contribution >= 0.6 is 15.9 Å². The van der Waals surface area contributed by atoms with Crippen molar-refractivity contribution in [1.82, 2.24) is 0 Å². The van der Waals surface area contributed by atoms with Crippen molar-refractivity contribution in [2.24, 2.45) is 0 Å². The Morgan fingerprint density at radius 3 is 1.67 bits per heavy atom. The Kier molecular flexibility index (Phi) is 4.97. The molecule has 1 aromatic carbocycles. The first-order chi connectivity index (χ1) is 5.61. The van der Waals surface area contributed by atoms with Gasteiger partial charge >= 0.3 is 0 Å². The average molecular weight is 241 g/mol. The van der Waals surface area contributed by atoms with E-state index in [0.29, 0.717) is 0 Å². The summed E-state index contributed by atoms with van der Waals surface area (Å²) < 4.78 is 36.7. The first-order valence-electron chi connectivity index (χ1n) is 3.41. The van der Waals surface area contributed by atoms with Gasteiger partial charge in [-0.1, -0.05) is 29.8 Å². The molecule has 68 valence electrons. The normalized spacial score (nSPS) is 8.83. The zero-order valence-corrected chi connectivity index (χ0v) is 8.25. The number of hydrogen-bond acceptors (Lipinski definition) is 0. The third-order valence-corrected chi connectivity index (χ3v) is 1.41. The molecule has 0 saturated carbocycles. The van der Waals surface area contributed by atoms with Gasteiger partial charge in [0.2, 0.25) is 0 Å². The lowest BCUT2D eigenvalue weighted by atomic mass is 10.3. The van der Waals surface area contributed by atoms with Crippen molar-refractivity contribution in [2.45, 2.75) is 13.8 Å². The lowest BCUT2D eigenvalue weighted by Crippen LogP contribution is -1.88. The van der Waals surface area contributed by atoms with Gasteiger partial charge in [-0.2, -0.15) is 0 Å². The van der Waals surface area contributed by atoms with Gasteiger partial charge in [-0.3, -0.25) is 0 Å². The molecule has 0 fully saturated rings. The van der Waals surface area contributed by atoms with E-state index in [9.17, 15) is 13.2 Å². The molecule has 0 amide bonds. The van der Waals surface area contributed by atoms with Gasteiger partial charge in [0.25, 0.3) is 0 Å². The van der Waals surface area contributed by atoms with Crippen LogP contribution in [0.15, 0.2) is 16.6 Å². The predicted molar refractivity (Wildman–Crippen MR) is 45.4 cm³/mol. The Morgan fingerprint density at radius 2 is 1.33 bits per heavy atom. The Labute approximate surface area is 77.5 Å². The summed E-state index contributed by atoms with van der Waals surface area (Å²) in [5.74, 6) is -3.82. The smallest absolute Gasteiger partial charge is 0.194 e. The minimum Gasteiger partial charge on any atom is -0.204 e. The largest absolute Gasteiger partial charge is 0.204 e. The van der Waals surface area contributed by atoms with Crippen LogP contribution in [0.2, 0.25) is 0 Å². The van der Waals surface area contributed by atoms with Crippen molar-refractivity contribution >= 4 is 15.9 Å². The lowest BCUT2D eigenvalue weighted by Gasteiger charge is -1.94. The maximum absolute atomic E-state index is 12.2. The van der Waals surface area contributed by atoms with Crippen LogP contribution in [-0.4, -0.2) is 0 Å². The van der Waals surface area contributed by atoms with E-state index in [1.807, 2.05) is 13.8 Å². The van der Waals surface area contributed by atoms with Crippen molar-refractivity contribution in [1.29, 1.82) is 0 Å². The Hall–Kier alpha value is -0.510. The summed E-state index contributed by atoms with van der Waals surface area (Å²) in [6.45, 7) is 4.00. The fraction of sp³-hybridized carbons (Fsp3) is 0.250. The highest BCUT2D eigenvalue weighted by Crippen LogP contribution is 2.17. The molecule has 0 nitrogen and oxygen atoms in total. The van der Waals surface area contributed by atoms with E-state index in [4.69, 9.17) is 0 Å². The average Bonchev–Trinajstić information content (AvgIpc) is 2.04. The Morgan fingerprint density at radius 1 is 1.00 bits per heavy atom. The molecular weight excluding hydrogens is 233 g/mol. The first kappa shape index (κ1) is 11.5. The molecular formula is C8H8BrF3. The van der Waals surface area contributed by atoms with Gasteiger partial charge in [0.1, 0.15) is 0 Å². The van der Waals surface area contributed by atoms with E-state index in [-0.39, 0.29) is 4.47 Å². The molecule has 0 aliphatic heterocycles. The third kappa shape index (κ3) is 2.85. The minimum absolute atomic E-state index is 0.184. The maximum Gasteiger partial charge on any atom is 0.194 e. The molecule has 0 heterocycles. The molecule has 0 atom stereocenters. The highest BCUT2D eigenvalue weighted by atomic mass is 79.9. The van der Waals surface area contributed by atoms with Crippen molar-refractivity contribution in [2.75, 3.05) is 0 Å². The molecule has 1 aromatic rings. The second-order valence-electron chi connectivity index (χ2n) is 1.68. The van der Waals surface area contributed by atoms with E-state index < -0.39 is 17.5 Å². The molecule has 0 spiro atoms. The summed E-state index contributed by atoms with van der Waals surface area (Å²) in [5.41, 5.74) is 0. The lowest BCUT2D eigenvalue weighted by molar-refractivity contribution is 0.446. The molecule has 0 aliphatic carbocycles. The van der Waals surface area contributed by atoms with Crippen LogP contribution in [0.25, 0.3) is 0 Å². The number of hydrogen-bond donors (Lipinski definition) is 0. The van der Waals surface area contributed by atoms with Gasteiger partial charge in [0, 0.05) is 4.47 Å². The maximum atomic E-state index is 12.2. The zero-order valence-electron chi connectivity index (χ0n) is 6.67. The van der Waals surface area contributed by atoms with E-state index in [2.05, 4.69) is 15.9 Å². The summed E-state index contributed by atoms with van der Waals surface area (Å²) in [6.07, 6.45) is 0. The van der Waals surface area contributed by atoms with E-state index >= 15 is 0 Å². The van der Waals surface area contributed by atoms with E-state index in [1.54, 1.807) is 0 Å². The van der Waals surface area contributed by atoms with Crippen molar-refractivity contribution in [3.63, 3.8) is 0 Å². The standard InChI is InChI=1S/C6H2BrF3.C2H6/c7-3-1-4(8)6(10)5(9)2-3;1-2/h1-2H;1-2H3. The third-order valence-electron chi connectivity index (χ3n) is 0.949. The summed E-state index contributed by atoms with van der Waals surface area (Å²) in [5, 5.41) is 0. The summed E-state index contributed by atoms with van der Waals surface area (Å²) in [4.78, 5) is 0. The van der Waals surface area contributed by atoms with Crippen LogP contribution in [0.1, 0.15) is 13.8 Å². The molecule has 0 radical (unpaired) electrons. The van der Waals surface area contributed by atoms with E-state index in [0.717, 1.165) is 12.1 Å². The quantitative estimate of drug-likeness (QED) is 0.477. The Bertz CT molecular complexity index is 237. The van der Waals surface area contributed by atoms with Crippen LogP contribution in [0, 0.1) is 17.5 Å². The first-order valence-corrected chi connectivity index (χ1v) is 4.20. The monoisotopic (exact) mass is 240 g/mol. The topological polar surface area (TPSA) is 0 Å². The molecule has 0 aromatic heterocycles. The van der Waals surface area contributed by atoms with Gasteiger partial charge in [0.05, 0.1) is 0 Å². The van der Waals surface area contributed by atoms with Crippen LogP contribution < -0.4 is 0 Å². The van der Waals surface area contributed by atoms with Gasteiger partial charge in [-0.05, 0) is 12.1 Å². The molecule has 0 N–H and O–H groups in total. The fourth-order valence-electron chi connectivity index (χ4n) is 0.525. The molecule has 4 heteroatoms. The second-order valence-corrected chi connectivity index (χ2v) is 2.60. The second kappa shape index (κ2) is 5.19. The number of halogens is 4. The Balaban J connectivity index is 0.000000561. The summed E-state index contributed by atoms with van der Waals surface area (Å²) >= 11 is 2.80. The van der Waals surface area contributed by atoms with Crippen LogP contribution in [0.4, 0.5) is 13.2 Å². The fourth-order valence-corrected chi connectivity index (χ4v) is 0.927. The molecule has 1 rings (SSSR count). The number of benzene rings is 1. The van der Waals surface area contributed by atoms with Crippen molar-refractivity contribution in [3.05, 3.63) is 34.1 Å². The highest BCUT2D eigenvalue weighted by Gasteiger charge is 2.08. The van der Waals surface area contributed by atoms with Gasteiger partial charge < -0.3 is 0 Å². The SMILES string of the molecule is CC.Fc1cc(Br)cc(F)c1F. The van der Waals surface area contributed by atoms with Crippen LogP contribution in [0.3, 0.4) is 0 Å². The summed E-state index contributed by atoms with van der Waals surface area (Å²) in [6, 6.07) is 1.72. The van der Waals surface area contributed by atoms with E-state index in [1.165, 1.54) is 0 Å². The number of rotatable bonds is 0. The van der Waals surface area contributed by atoms with Gasteiger partial charge in [0.15, 0.2) is 17.5 Å². The highest BCUT2D eigenvalue weighted by molar-refractivity contribution is 9.10. The molecule has 0 bridgehead atoms. The minimum atomic E-state index is -1.44. The molecule has 12 heavy (non-hydrogen) atoms.